The third-order valence-corrected chi connectivity index (χ3v) is 17.7. The Labute approximate surface area is 439 Å². The number of nitrogens with zero attached hydrogens (tertiary/aromatic N) is 9. The number of phenols is 1. The number of aliphatic hydroxyl groups is 1. The molecule has 0 radical (unpaired) electrons. The molecule has 5 aliphatic heterocycles. The van der Waals surface area contributed by atoms with Gasteiger partial charge in [-0.05, 0) is 131 Å². The summed E-state index contributed by atoms with van der Waals surface area (Å²) in [5, 5.41) is 31.1. The van der Waals surface area contributed by atoms with Gasteiger partial charge in [-0.1, -0.05) is 30.2 Å². The molecule has 6 aliphatic rings. The molecular weight excluding hydrogens is 971 g/mol. The average Bonchev–Trinajstić information content (AvgIpc) is 3.74. The highest BCUT2D eigenvalue weighted by Crippen LogP contribution is 2.52. The third-order valence-electron chi connectivity index (χ3n) is 17.7. The van der Waals surface area contributed by atoms with Crippen molar-refractivity contribution in [2.45, 2.75) is 114 Å². The van der Waals surface area contributed by atoms with Gasteiger partial charge in [0.05, 0.1) is 40.2 Å². The monoisotopic (exact) mass is 1030 g/mol. The first-order valence-corrected chi connectivity index (χ1v) is 27.1. The van der Waals surface area contributed by atoms with Crippen LogP contribution in [-0.4, -0.2) is 144 Å². The van der Waals surface area contributed by atoms with Crippen molar-refractivity contribution in [1.82, 2.24) is 44.7 Å². The fraction of sp³-hybridized carbons (Fsp3) is 0.500. The molecule has 3 aromatic carbocycles. The zero-order chi connectivity index (χ0) is 52.6. The number of nitrogens with one attached hydrogen (secondary N) is 1. The van der Waals surface area contributed by atoms with E-state index in [2.05, 4.69) is 49.2 Å². The molecule has 6 aromatic rings. The maximum absolute atomic E-state index is 17.1. The number of piperidine rings is 5. The van der Waals surface area contributed by atoms with Gasteiger partial charge in [-0.3, -0.25) is 34.3 Å². The molecule has 6 fully saturated rings. The number of anilines is 1. The molecule has 8 heterocycles. The van der Waals surface area contributed by atoms with Crippen LogP contribution in [0.2, 0.25) is 0 Å². The van der Waals surface area contributed by atoms with Crippen molar-refractivity contribution >= 4 is 56.1 Å². The number of aromatic nitrogens is 5. The molecule has 2 atom stereocenters. The Bertz CT molecular complexity index is 3340. The lowest BCUT2D eigenvalue weighted by Crippen LogP contribution is -2.57. The molecule has 396 valence electrons. The number of phenolic OH excluding ortho intramolecular Hbond substituents is 1. The molecule has 1 saturated carbocycles. The van der Waals surface area contributed by atoms with Crippen LogP contribution >= 0.6 is 0 Å². The lowest BCUT2D eigenvalue weighted by atomic mass is 9.59. The fourth-order valence-electron chi connectivity index (χ4n) is 13.6. The summed E-state index contributed by atoms with van der Waals surface area (Å²) in [6.07, 6.45) is 16.7. The lowest BCUT2D eigenvalue weighted by Gasteiger charge is -2.56. The molecule has 16 nitrogen and oxygen atoms in total. The summed E-state index contributed by atoms with van der Waals surface area (Å²) in [4.78, 5) is 61.1. The number of aromatic hydroxyl groups is 1. The first-order valence-electron chi connectivity index (χ1n) is 27.1. The van der Waals surface area contributed by atoms with Gasteiger partial charge in [0.2, 0.25) is 17.7 Å². The Morgan fingerprint density at radius 2 is 1.72 bits per heavy atom. The quantitative estimate of drug-likeness (QED) is 0.0990. The summed E-state index contributed by atoms with van der Waals surface area (Å²) >= 11 is 0. The van der Waals surface area contributed by atoms with E-state index < -0.39 is 23.2 Å². The van der Waals surface area contributed by atoms with Crippen molar-refractivity contribution in [3.8, 4) is 35.4 Å². The minimum Gasteiger partial charge on any atom is -0.508 e. The second-order valence-corrected chi connectivity index (χ2v) is 22.8. The van der Waals surface area contributed by atoms with E-state index in [0.29, 0.717) is 98.7 Å². The van der Waals surface area contributed by atoms with Crippen molar-refractivity contribution in [1.29, 1.82) is 0 Å². The number of pyridine rings is 1. The number of imide groups is 1. The summed E-state index contributed by atoms with van der Waals surface area (Å²) in [6.45, 7) is 7.80. The molecule has 12 rings (SSSR count). The highest BCUT2D eigenvalue weighted by atomic mass is 19.1. The highest BCUT2D eigenvalue weighted by Gasteiger charge is 2.49. The number of amides is 3. The number of hydrogen-bond donors (Lipinski definition) is 3. The second-order valence-electron chi connectivity index (χ2n) is 22.8. The first kappa shape index (κ1) is 50.0. The summed E-state index contributed by atoms with van der Waals surface area (Å²) in [5.74, 6) is 0.757. The van der Waals surface area contributed by atoms with Crippen LogP contribution in [0.25, 0.3) is 43.8 Å². The van der Waals surface area contributed by atoms with Crippen LogP contribution < -0.4 is 15.0 Å². The standard InChI is InChI=1S/C58H64F2N10O6/c1-4-39-45(59)11-9-35-27-37(71)28-43(48(35)39)51-49(60)52-44(31-61-51)54(70-20-6-17-57(2,75)33-70)64-56(63-52)76-38-15-21-67(22-16-38)32-47(73)69-25-18-58(19-26-69)29-36(30-58)68-23-13-34(14-24-68)40-7-5-8-41-50(65-66(3)53(40)41)42-10-12-46(72)62-55(42)74/h1,5,7-9,11,27-28,31,34,36,38,42,71,75H,6,10,12-26,29-30,32-33H2,2-3H3,(H,62,72,74)/t42?,57-/m1/s1. The lowest BCUT2D eigenvalue weighted by molar-refractivity contribution is -0.138. The molecular formula is C58H64F2N10O6. The average molecular weight is 1040 g/mol. The Balaban J connectivity index is 0.653. The molecule has 0 bridgehead atoms. The molecule has 5 saturated heterocycles. The fourth-order valence-corrected chi connectivity index (χ4v) is 13.6. The van der Waals surface area contributed by atoms with Gasteiger partial charge in [-0.15, -0.1) is 6.42 Å². The summed E-state index contributed by atoms with van der Waals surface area (Å²) < 4.78 is 40.5. The SMILES string of the molecule is C#Cc1c(F)ccc2cc(O)cc(-c3ncc4c(N5CCC[C@@](C)(O)C5)nc(OC5CCN(CC(=O)N6CCC7(CC6)CC(N6CCC(c8cccc9c(C%10CCC(=O)NC%10=O)nn(C)c89)CC6)C7)CC5)nc4c3F)c12. The molecule has 76 heavy (non-hydrogen) atoms. The molecule has 1 aliphatic carbocycles. The van der Waals surface area contributed by atoms with Gasteiger partial charge in [-0.25, -0.2) is 8.78 Å². The third kappa shape index (κ3) is 9.27. The van der Waals surface area contributed by atoms with Crippen LogP contribution in [0.3, 0.4) is 0 Å². The van der Waals surface area contributed by atoms with Gasteiger partial charge in [0, 0.05) is 81.3 Å². The van der Waals surface area contributed by atoms with Crippen molar-refractivity contribution in [3.05, 3.63) is 77.1 Å². The van der Waals surface area contributed by atoms with Gasteiger partial charge in [0.25, 0.3) is 0 Å². The van der Waals surface area contributed by atoms with E-state index in [1.54, 1.807) is 6.92 Å². The minimum atomic E-state index is -1.01. The molecule has 3 N–H and O–H groups in total. The van der Waals surface area contributed by atoms with Crippen molar-refractivity contribution in [2.24, 2.45) is 12.5 Å². The van der Waals surface area contributed by atoms with Gasteiger partial charge >= 0.3 is 6.01 Å². The maximum atomic E-state index is 17.1. The molecule has 1 unspecified atom stereocenters. The van der Waals surface area contributed by atoms with E-state index in [0.717, 1.165) is 68.5 Å². The van der Waals surface area contributed by atoms with E-state index in [1.165, 1.54) is 48.9 Å². The van der Waals surface area contributed by atoms with Crippen LogP contribution in [0.4, 0.5) is 14.6 Å². The van der Waals surface area contributed by atoms with Crippen LogP contribution in [0.1, 0.15) is 113 Å². The highest BCUT2D eigenvalue weighted by molar-refractivity contribution is 6.04. The van der Waals surface area contributed by atoms with E-state index in [4.69, 9.17) is 21.2 Å². The minimum absolute atomic E-state index is 0.0264. The van der Waals surface area contributed by atoms with E-state index in [-0.39, 0.29) is 69.9 Å². The number of carbonyl (C=O) groups is 3. The van der Waals surface area contributed by atoms with Gasteiger partial charge in [0.1, 0.15) is 34.7 Å². The number of β-amino-alcohol motifs (C(OH)–C–C–N with tert-alkyl or cyclic N) is 1. The number of para-hydroxylation sites is 1. The summed E-state index contributed by atoms with van der Waals surface area (Å²) in [7, 11) is 1.96. The first-order chi connectivity index (χ1) is 36.6. The summed E-state index contributed by atoms with van der Waals surface area (Å²) in [5.41, 5.74) is 2.21. The number of ether oxygens (including phenoxy) is 1. The topological polar surface area (TPSA) is 182 Å². The van der Waals surface area contributed by atoms with Gasteiger partial charge in [0.15, 0.2) is 5.82 Å². The number of fused-ring (bicyclic) bond motifs is 3. The maximum Gasteiger partial charge on any atom is 0.319 e. The predicted molar refractivity (Wildman–Crippen MR) is 283 cm³/mol. The Morgan fingerprint density at radius 3 is 2.46 bits per heavy atom. The number of carbonyl (C=O) groups excluding carboxylic acids is 3. The number of aryl methyl sites for hydroxylation is 1. The van der Waals surface area contributed by atoms with Gasteiger partial charge < -0.3 is 29.6 Å². The Kier molecular flexibility index (Phi) is 12.9. The second kappa shape index (κ2) is 19.6. The van der Waals surface area contributed by atoms with Gasteiger partial charge in [-0.2, -0.15) is 15.1 Å². The largest absolute Gasteiger partial charge is 0.508 e. The van der Waals surface area contributed by atoms with E-state index in [9.17, 15) is 24.6 Å². The van der Waals surface area contributed by atoms with Crippen LogP contribution in [0.5, 0.6) is 11.8 Å². The zero-order valence-corrected chi connectivity index (χ0v) is 43.2. The Morgan fingerprint density at radius 1 is 0.947 bits per heavy atom. The summed E-state index contributed by atoms with van der Waals surface area (Å²) in [6, 6.07) is 12.3. The van der Waals surface area contributed by atoms with Crippen LogP contribution in [0, 0.1) is 29.4 Å². The number of likely N-dealkylation sites (tertiary alicyclic amines) is 3. The Hall–Kier alpha value is -6.81. The molecule has 3 aromatic heterocycles. The molecule has 3 amide bonds. The van der Waals surface area contributed by atoms with E-state index >= 15 is 8.78 Å². The zero-order valence-electron chi connectivity index (χ0n) is 43.2. The number of rotatable bonds is 9. The van der Waals surface area contributed by atoms with Crippen molar-refractivity contribution in [2.75, 3.05) is 63.8 Å². The normalized spacial score (nSPS) is 23.3. The molecule has 1 spiro atoms. The van der Waals surface area contributed by atoms with Crippen molar-refractivity contribution < 1.29 is 38.1 Å². The van der Waals surface area contributed by atoms with E-state index in [1.807, 2.05) is 21.5 Å². The number of benzene rings is 3. The molecule has 18 heteroatoms. The predicted octanol–water partition coefficient (Wildman–Crippen LogP) is 7.06. The number of halogens is 2. The number of terminal acetylenes is 1. The van der Waals surface area contributed by atoms with Crippen molar-refractivity contribution in [3.63, 3.8) is 0 Å². The van der Waals surface area contributed by atoms with Crippen LogP contribution in [-0.2, 0) is 21.4 Å². The number of hydrogen-bond acceptors (Lipinski definition) is 13. The smallest absolute Gasteiger partial charge is 0.319 e. The van der Waals surface area contributed by atoms with Crippen LogP contribution in [0.15, 0.2) is 48.7 Å².